The summed E-state index contributed by atoms with van der Waals surface area (Å²) in [5, 5.41) is 39.2. The molecule has 7 aromatic carbocycles. The van der Waals surface area contributed by atoms with E-state index in [1.807, 2.05) is 84.9 Å². The number of hydrogen-bond acceptors (Lipinski definition) is 14. The number of phenolic OH excluding ortho intramolecular Hbond substituents is 4. The lowest BCUT2D eigenvalue weighted by atomic mass is 10.3. The van der Waals surface area contributed by atoms with Crippen LogP contribution < -0.4 is 14.2 Å². The van der Waals surface area contributed by atoms with Crippen molar-refractivity contribution in [3.63, 3.8) is 0 Å². The molecule has 0 bridgehead atoms. The molecule has 0 atom stereocenters. The van der Waals surface area contributed by atoms with Gasteiger partial charge in [0, 0.05) is 34.3 Å². The second-order valence-electron chi connectivity index (χ2n) is 13.5. The third-order valence-electron chi connectivity index (χ3n) is 8.82. The summed E-state index contributed by atoms with van der Waals surface area (Å²) in [6.07, 6.45) is 2.06. The van der Waals surface area contributed by atoms with E-state index in [0.29, 0.717) is 19.8 Å². The number of rotatable bonds is 22. The summed E-state index contributed by atoms with van der Waals surface area (Å²) in [4.78, 5) is 7.41. The molecule has 14 heteroatoms. The van der Waals surface area contributed by atoms with E-state index in [-0.39, 0.29) is 36.7 Å². The maximum absolute atomic E-state index is 9.79. The molecule has 0 saturated carbocycles. The van der Waals surface area contributed by atoms with Gasteiger partial charge < -0.3 is 34.6 Å². The minimum atomic E-state index is 0.00283. The predicted octanol–water partition coefficient (Wildman–Crippen LogP) is 14.1. The maximum atomic E-state index is 9.79. The third kappa shape index (κ3) is 15.7. The maximum Gasteiger partial charge on any atom is 0.119 e. The highest BCUT2D eigenvalue weighted by Crippen LogP contribution is 2.41. The van der Waals surface area contributed by atoms with Crippen LogP contribution in [-0.2, 0) is 0 Å². The van der Waals surface area contributed by atoms with E-state index in [1.54, 1.807) is 131 Å². The fraction of sp³-hybridized carbons (Fsp3) is 0.143. The highest BCUT2D eigenvalue weighted by atomic mass is 32.2. The molecule has 7 nitrogen and oxygen atoms in total. The SMILES string of the molecule is CSc1ccc(OCC(Sc2ccc(OCC(Sc3ccc(O)cc3)Sc3ccc(O)cc3)cc2)Sc2ccc(OCC(Sc3ccc(O)cc3)Sc3ccc(O)cc3)cc2)cc1. The molecule has 0 spiro atoms. The largest absolute Gasteiger partial charge is 0.508 e. The van der Waals surface area contributed by atoms with Crippen LogP contribution in [0.15, 0.2) is 204 Å². The van der Waals surface area contributed by atoms with Crippen molar-refractivity contribution in [2.75, 3.05) is 26.1 Å². The average molecular weight is 969 g/mol. The van der Waals surface area contributed by atoms with Gasteiger partial charge in [0.25, 0.3) is 0 Å². The molecule has 4 N–H and O–H groups in total. The zero-order valence-corrected chi connectivity index (χ0v) is 39.6. The molecule has 0 aliphatic heterocycles. The van der Waals surface area contributed by atoms with Crippen molar-refractivity contribution >= 4 is 82.3 Å². The highest BCUT2D eigenvalue weighted by Gasteiger charge is 2.18. The molecular weight excluding hydrogens is 925 g/mol. The van der Waals surface area contributed by atoms with Crippen molar-refractivity contribution in [2.45, 2.75) is 48.0 Å². The Balaban J connectivity index is 0.989. The number of phenols is 4. The summed E-state index contributed by atoms with van der Waals surface area (Å²) < 4.78 is 19.0. The van der Waals surface area contributed by atoms with E-state index in [0.717, 1.165) is 46.6 Å². The van der Waals surface area contributed by atoms with Crippen molar-refractivity contribution in [2.24, 2.45) is 0 Å². The van der Waals surface area contributed by atoms with Crippen LogP contribution in [0.3, 0.4) is 0 Å². The van der Waals surface area contributed by atoms with E-state index >= 15 is 0 Å². The fourth-order valence-electron chi connectivity index (χ4n) is 5.68. The molecule has 7 aromatic rings. The van der Waals surface area contributed by atoms with Gasteiger partial charge in [-0.1, -0.05) is 0 Å². The van der Waals surface area contributed by atoms with Crippen molar-refractivity contribution < 1.29 is 34.6 Å². The van der Waals surface area contributed by atoms with Crippen LogP contribution >= 0.6 is 82.3 Å². The Hall–Kier alpha value is -4.41. The molecule has 0 fully saturated rings. The standard InChI is InChI=1S/C49H44O7S7/c1-57-40-24-10-37(11-25-40)54-32-49(62-45-26-12-38(13-27-45)55-30-47(58-41-16-2-33(50)3-17-41)59-42-18-4-34(51)5-19-42)63-46-28-14-39(15-29-46)56-31-48(60-43-20-6-35(52)7-21-43)61-44-22-8-36(53)9-23-44/h2-29,47-53H,30-32H2,1H3. The summed E-state index contributed by atoms with van der Waals surface area (Å²) in [5.74, 6) is 3.24. The second kappa shape index (κ2) is 24.0. The summed E-state index contributed by atoms with van der Waals surface area (Å²) in [6.45, 7) is 1.33. The molecular formula is C49H44O7S7. The minimum absolute atomic E-state index is 0.00283. The molecule has 0 aliphatic rings. The molecule has 324 valence electrons. The van der Waals surface area contributed by atoms with E-state index in [1.165, 1.54) is 4.90 Å². The summed E-state index contributed by atoms with van der Waals surface area (Å²) >= 11 is 11.8. The van der Waals surface area contributed by atoms with Crippen LogP contribution in [0.25, 0.3) is 0 Å². The molecule has 0 amide bonds. The molecule has 0 aromatic heterocycles. The summed E-state index contributed by atoms with van der Waals surface area (Å²) in [7, 11) is 0. The zero-order chi connectivity index (χ0) is 43.8. The van der Waals surface area contributed by atoms with Gasteiger partial charge in [0.2, 0.25) is 0 Å². The van der Waals surface area contributed by atoms with Crippen molar-refractivity contribution in [3.8, 4) is 40.2 Å². The van der Waals surface area contributed by atoms with Crippen LogP contribution in [-0.4, -0.2) is 60.2 Å². The number of ether oxygens (including phenoxy) is 3. The minimum Gasteiger partial charge on any atom is -0.508 e. The van der Waals surface area contributed by atoms with Crippen LogP contribution in [0.2, 0.25) is 0 Å². The van der Waals surface area contributed by atoms with Gasteiger partial charge in [-0.15, -0.1) is 82.3 Å². The summed E-state index contributed by atoms with van der Waals surface area (Å²) in [5.41, 5.74) is 0. The van der Waals surface area contributed by atoms with E-state index in [4.69, 9.17) is 14.2 Å². The Bertz CT molecular complexity index is 2180. The molecule has 0 aliphatic carbocycles. The van der Waals surface area contributed by atoms with Gasteiger partial charge in [-0.25, -0.2) is 0 Å². The Kier molecular flexibility index (Phi) is 17.8. The zero-order valence-electron chi connectivity index (χ0n) is 33.9. The first kappa shape index (κ1) is 46.6. The first-order valence-corrected chi connectivity index (χ1v) is 26.1. The van der Waals surface area contributed by atoms with Gasteiger partial charge in [-0.05, 0) is 176 Å². The quantitative estimate of drug-likeness (QED) is 0.0382. The van der Waals surface area contributed by atoms with Crippen molar-refractivity contribution in [3.05, 3.63) is 170 Å². The van der Waals surface area contributed by atoms with Crippen LogP contribution in [0, 0.1) is 0 Å². The van der Waals surface area contributed by atoms with Gasteiger partial charge in [0.15, 0.2) is 0 Å². The highest BCUT2D eigenvalue weighted by molar-refractivity contribution is 8.18. The first-order valence-electron chi connectivity index (χ1n) is 19.6. The Morgan fingerprint density at radius 1 is 0.302 bits per heavy atom. The Morgan fingerprint density at radius 3 is 0.698 bits per heavy atom. The Labute approximate surface area is 398 Å². The second-order valence-corrected chi connectivity index (χ2v) is 23.0. The van der Waals surface area contributed by atoms with Crippen molar-refractivity contribution in [1.82, 2.24) is 0 Å². The molecule has 0 unspecified atom stereocenters. The lowest BCUT2D eigenvalue weighted by Crippen LogP contribution is -2.12. The molecule has 0 heterocycles. The van der Waals surface area contributed by atoms with Gasteiger partial charge in [0.05, 0.1) is 13.7 Å². The molecule has 63 heavy (non-hydrogen) atoms. The lowest BCUT2D eigenvalue weighted by Gasteiger charge is -2.19. The Morgan fingerprint density at radius 2 is 0.492 bits per heavy atom. The van der Waals surface area contributed by atoms with Gasteiger partial charge in [-0.3, -0.25) is 0 Å². The van der Waals surface area contributed by atoms with Crippen LogP contribution in [0.4, 0.5) is 0 Å². The fourth-order valence-corrected chi connectivity index (χ4v) is 13.1. The van der Waals surface area contributed by atoms with Gasteiger partial charge >= 0.3 is 0 Å². The van der Waals surface area contributed by atoms with Crippen LogP contribution in [0.1, 0.15) is 0 Å². The summed E-state index contributed by atoms with van der Waals surface area (Å²) in [6, 6.07) is 53.1. The average Bonchev–Trinajstić information content (AvgIpc) is 3.30. The van der Waals surface area contributed by atoms with E-state index in [2.05, 4.69) is 42.7 Å². The van der Waals surface area contributed by atoms with E-state index < -0.39 is 0 Å². The van der Waals surface area contributed by atoms with Gasteiger partial charge in [0.1, 0.15) is 60.1 Å². The molecule has 0 radical (unpaired) electrons. The topological polar surface area (TPSA) is 109 Å². The monoisotopic (exact) mass is 968 g/mol. The number of hydrogen-bond donors (Lipinski definition) is 4. The third-order valence-corrected chi connectivity index (χ3v) is 17.0. The lowest BCUT2D eigenvalue weighted by molar-refractivity contribution is 0.336. The smallest absolute Gasteiger partial charge is 0.119 e. The molecule has 0 saturated heterocycles. The first-order chi connectivity index (χ1) is 30.7. The predicted molar refractivity (Wildman–Crippen MR) is 267 cm³/mol. The number of benzene rings is 7. The normalized spacial score (nSPS) is 11.3. The van der Waals surface area contributed by atoms with Crippen molar-refractivity contribution in [1.29, 1.82) is 0 Å². The van der Waals surface area contributed by atoms with Gasteiger partial charge in [-0.2, -0.15) is 0 Å². The number of thioether (sulfide) groups is 7. The molecule has 7 rings (SSSR count). The number of aromatic hydroxyl groups is 4. The van der Waals surface area contributed by atoms with Crippen LogP contribution in [0.5, 0.6) is 40.2 Å². The van der Waals surface area contributed by atoms with E-state index in [9.17, 15) is 20.4 Å².